The van der Waals surface area contributed by atoms with Crippen molar-refractivity contribution in [1.82, 2.24) is 10.2 Å². The highest BCUT2D eigenvalue weighted by atomic mass is 35.5. The van der Waals surface area contributed by atoms with E-state index in [0.717, 1.165) is 15.4 Å². The third-order valence-corrected chi connectivity index (χ3v) is 10.2. The summed E-state index contributed by atoms with van der Waals surface area (Å²) in [6, 6.07) is 24.6. The first-order valence-electron chi connectivity index (χ1n) is 15.0. The summed E-state index contributed by atoms with van der Waals surface area (Å²) in [7, 11) is -4.27. The molecule has 0 heterocycles. The average molecular weight is 715 g/mol. The molecular weight excluding hydrogens is 677 g/mol. The molecule has 1 atom stereocenters. The van der Waals surface area contributed by atoms with Crippen molar-refractivity contribution in [1.29, 1.82) is 0 Å². The highest BCUT2D eigenvalue weighted by Gasteiger charge is 2.36. The predicted molar refractivity (Wildman–Crippen MR) is 191 cm³/mol. The Morgan fingerprint density at radius 1 is 0.809 bits per heavy atom. The van der Waals surface area contributed by atoms with Crippen molar-refractivity contribution >= 4 is 62.3 Å². The van der Waals surface area contributed by atoms with Gasteiger partial charge >= 0.3 is 0 Å². The van der Waals surface area contributed by atoms with Crippen LogP contribution in [0.1, 0.15) is 43.0 Å². The highest BCUT2D eigenvalue weighted by Crippen LogP contribution is 2.31. The van der Waals surface area contributed by atoms with Crippen molar-refractivity contribution < 1.29 is 18.0 Å². The van der Waals surface area contributed by atoms with Gasteiger partial charge in [-0.2, -0.15) is 0 Å². The number of benzene rings is 4. The SMILES string of the molecule is Cc1ccc(S(=O)(=O)N(CC(=O)N(Cc2ccc(Cl)c(Cl)c2)C(Cc2ccccc2)C(=O)NC(C)(C)C)c2cc(Cl)ccc2C)cc1. The minimum Gasteiger partial charge on any atom is -0.350 e. The van der Waals surface area contributed by atoms with Crippen LogP contribution in [0, 0.1) is 13.8 Å². The number of halogens is 3. The zero-order valence-corrected chi connectivity index (χ0v) is 30.0. The number of amides is 2. The monoisotopic (exact) mass is 713 g/mol. The maximum absolute atomic E-state index is 14.7. The Hall–Kier alpha value is -3.56. The van der Waals surface area contributed by atoms with E-state index in [-0.39, 0.29) is 34.5 Å². The van der Waals surface area contributed by atoms with Crippen LogP contribution in [-0.4, -0.2) is 43.3 Å². The van der Waals surface area contributed by atoms with Gasteiger partial charge in [0.25, 0.3) is 10.0 Å². The van der Waals surface area contributed by atoms with Crippen molar-refractivity contribution in [3.8, 4) is 0 Å². The Bertz CT molecular complexity index is 1840. The van der Waals surface area contributed by atoms with Crippen LogP contribution in [0.4, 0.5) is 5.69 Å². The number of sulfonamides is 1. The second-order valence-corrected chi connectivity index (χ2v) is 15.6. The molecule has 11 heteroatoms. The van der Waals surface area contributed by atoms with Gasteiger partial charge in [-0.15, -0.1) is 0 Å². The Labute approximate surface area is 292 Å². The molecule has 248 valence electrons. The predicted octanol–water partition coefficient (Wildman–Crippen LogP) is 8.01. The summed E-state index contributed by atoms with van der Waals surface area (Å²) < 4.78 is 29.6. The van der Waals surface area contributed by atoms with E-state index < -0.39 is 34.1 Å². The van der Waals surface area contributed by atoms with Crippen LogP contribution >= 0.6 is 34.8 Å². The van der Waals surface area contributed by atoms with Gasteiger partial charge in [0, 0.05) is 23.5 Å². The van der Waals surface area contributed by atoms with E-state index in [9.17, 15) is 18.0 Å². The van der Waals surface area contributed by atoms with Gasteiger partial charge in [-0.05, 0) is 87.7 Å². The second-order valence-electron chi connectivity index (χ2n) is 12.5. The van der Waals surface area contributed by atoms with Crippen molar-refractivity contribution in [2.75, 3.05) is 10.8 Å². The number of aryl methyl sites for hydroxylation is 2. The standard InChI is InChI=1S/C36H38Cl3N3O4S/c1-24-11-16-29(17-12-24)47(45,46)42(32-21-28(37)15-13-25(32)2)23-34(43)41(22-27-14-18-30(38)31(39)19-27)33(35(44)40-36(3,4)5)20-26-9-7-6-8-10-26/h6-19,21,33H,20,22-23H2,1-5H3,(H,40,44). The van der Waals surface area contributed by atoms with Gasteiger partial charge < -0.3 is 10.2 Å². The molecule has 0 saturated heterocycles. The number of anilines is 1. The largest absolute Gasteiger partial charge is 0.350 e. The summed E-state index contributed by atoms with van der Waals surface area (Å²) in [6.07, 6.45) is 0.177. The smallest absolute Gasteiger partial charge is 0.264 e. The zero-order valence-electron chi connectivity index (χ0n) is 26.9. The lowest BCUT2D eigenvalue weighted by atomic mass is 10.0. The number of hydrogen-bond donors (Lipinski definition) is 1. The van der Waals surface area contributed by atoms with Crippen LogP contribution in [0.2, 0.25) is 15.1 Å². The summed E-state index contributed by atoms with van der Waals surface area (Å²) >= 11 is 18.9. The summed E-state index contributed by atoms with van der Waals surface area (Å²) in [6.45, 7) is 8.52. The van der Waals surface area contributed by atoms with Crippen molar-refractivity contribution in [2.24, 2.45) is 0 Å². The molecule has 1 N–H and O–H groups in total. The molecule has 0 aliphatic rings. The lowest BCUT2D eigenvalue weighted by Gasteiger charge is -2.35. The molecule has 1 unspecified atom stereocenters. The number of carbonyl (C=O) groups excluding carboxylic acids is 2. The molecule has 0 fully saturated rings. The van der Waals surface area contributed by atoms with Crippen molar-refractivity contribution in [2.45, 2.75) is 64.1 Å². The molecule has 47 heavy (non-hydrogen) atoms. The molecule has 4 aromatic carbocycles. The van der Waals surface area contributed by atoms with E-state index in [2.05, 4.69) is 5.32 Å². The fourth-order valence-electron chi connectivity index (χ4n) is 5.04. The van der Waals surface area contributed by atoms with Crippen LogP contribution in [0.3, 0.4) is 0 Å². The molecule has 0 spiro atoms. The van der Waals surface area contributed by atoms with Gasteiger partial charge in [0.05, 0.1) is 20.6 Å². The average Bonchev–Trinajstić information content (AvgIpc) is 3.00. The molecule has 7 nitrogen and oxygen atoms in total. The van der Waals surface area contributed by atoms with Crippen LogP contribution in [0.25, 0.3) is 0 Å². The third-order valence-electron chi connectivity index (χ3n) is 7.43. The molecule has 0 radical (unpaired) electrons. The molecule has 4 aromatic rings. The maximum Gasteiger partial charge on any atom is 0.264 e. The molecule has 4 rings (SSSR count). The molecule has 0 aliphatic heterocycles. The van der Waals surface area contributed by atoms with E-state index in [4.69, 9.17) is 34.8 Å². The fourth-order valence-corrected chi connectivity index (χ4v) is 7.00. The van der Waals surface area contributed by atoms with E-state index in [1.54, 1.807) is 49.4 Å². The molecular formula is C36H38Cl3N3O4S. The van der Waals surface area contributed by atoms with Crippen LogP contribution in [0.5, 0.6) is 0 Å². The lowest BCUT2D eigenvalue weighted by molar-refractivity contribution is -0.140. The number of nitrogens with zero attached hydrogens (tertiary/aromatic N) is 2. The van der Waals surface area contributed by atoms with Gasteiger partial charge in [-0.3, -0.25) is 13.9 Å². The number of carbonyl (C=O) groups is 2. The van der Waals surface area contributed by atoms with E-state index >= 15 is 0 Å². The summed E-state index contributed by atoms with van der Waals surface area (Å²) in [5, 5.41) is 3.95. The highest BCUT2D eigenvalue weighted by molar-refractivity contribution is 7.92. The Morgan fingerprint density at radius 3 is 2.09 bits per heavy atom. The molecule has 0 bridgehead atoms. The first-order valence-corrected chi connectivity index (χ1v) is 17.6. The zero-order chi connectivity index (χ0) is 34.5. The van der Waals surface area contributed by atoms with Crippen molar-refractivity contribution in [3.63, 3.8) is 0 Å². The van der Waals surface area contributed by atoms with E-state index in [1.165, 1.54) is 23.1 Å². The van der Waals surface area contributed by atoms with Gasteiger partial charge in [-0.25, -0.2) is 8.42 Å². The summed E-state index contributed by atoms with van der Waals surface area (Å²) in [5.74, 6) is -0.988. The Morgan fingerprint density at radius 2 is 1.47 bits per heavy atom. The molecule has 0 aromatic heterocycles. The summed E-state index contributed by atoms with van der Waals surface area (Å²) in [4.78, 5) is 30.1. The Balaban J connectivity index is 1.86. The summed E-state index contributed by atoms with van der Waals surface area (Å²) in [5.41, 5.74) is 2.56. The van der Waals surface area contributed by atoms with Gasteiger partial charge in [0.2, 0.25) is 11.8 Å². The first-order chi connectivity index (χ1) is 22.0. The van der Waals surface area contributed by atoms with Gasteiger partial charge in [0.1, 0.15) is 12.6 Å². The first kappa shape index (κ1) is 36.3. The Kier molecular flexibility index (Phi) is 11.7. The molecule has 0 aliphatic carbocycles. The fraction of sp³-hybridized carbons (Fsp3) is 0.278. The second kappa shape index (κ2) is 15.1. The quantitative estimate of drug-likeness (QED) is 0.171. The molecule has 2 amide bonds. The number of rotatable bonds is 11. The topological polar surface area (TPSA) is 86.8 Å². The van der Waals surface area contributed by atoms with E-state index in [1.807, 2.05) is 58.0 Å². The van der Waals surface area contributed by atoms with Gasteiger partial charge in [-0.1, -0.05) is 95.0 Å². The minimum atomic E-state index is -4.27. The van der Waals surface area contributed by atoms with Crippen LogP contribution < -0.4 is 9.62 Å². The van der Waals surface area contributed by atoms with Crippen molar-refractivity contribution in [3.05, 3.63) is 128 Å². The molecule has 0 saturated carbocycles. The normalized spacial score (nSPS) is 12.3. The lowest BCUT2D eigenvalue weighted by Crippen LogP contribution is -2.56. The number of hydrogen-bond acceptors (Lipinski definition) is 4. The number of nitrogens with one attached hydrogen (secondary N) is 1. The third kappa shape index (κ3) is 9.51. The van der Waals surface area contributed by atoms with E-state index in [0.29, 0.717) is 21.2 Å². The van der Waals surface area contributed by atoms with Gasteiger partial charge in [0.15, 0.2) is 0 Å². The van der Waals surface area contributed by atoms with Crippen LogP contribution in [0.15, 0.2) is 95.9 Å². The minimum absolute atomic E-state index is 0.0117. The maximum atomic E-state index is 14.7. The van der Waals surface area contributed by atoms with Crippen LogP contribution in [-0.2, 0) is 32.6 Å².